The van der Waals surface area contributed by atoms with Crippen molar-refractivity contribution in [2.45, 2.75) is 44.0 Å². The fourth-order valence-electron chi connectivity index (χ4n) is 0.816. The minimum atomic E-state index is 0.901. The first-order valence-electron chi connectivity index (χ1n) is 3.86. The van der Waals surface area contributed by atoms with Crippen molar-refractivity contribution in [3.05, 3.63) is 0 Å². The van der Waals surface area contributed by atoms with E-state index in [2.05, 4.69) is 43.4 Å². The summed E-state index contributed by atoms with van der Waals surface area (Å²) in [6.07, 6.45) is 4.04. The number of rotatable bonds is 4. The van der Waals surface area contributed by atoms with Crippen LogP contribution in [-0.4, -0.2) is 3.92 Å². The predicted octanol–water partition coefficient (Wildman–Crippen LogP) is 3.64. The Balaban J connectivity index is 3.32. The van der Waals surface area contributed by atoms with E-state index in [0.29, 0.717) is 0 Å². The van der Waals surface area contributed by atoms with Gasteiger partial charge in [-0.05, 0) is 12.3 Å². The summed E-state index contributed by atoms with van der Waals surface area (Å²) >= 11 is 2.57. The van der Waals surface area contributed by atoms with E-state index < -0.39 is 0 Å². The van der Waals surface area contributed by atoms with Gasteiger partial charge in [0.25, 0.3) is 0 Å². The van der Waals surface area contributed by atoms with Gasteiger partial charge in [-0.3, -0.25) is 0 Å². The Morgan fingerprint density at radius 1 is 1.33 bits per heavy atom. The fourth-order valence-corrected chi connectivity index (χ4v) is 1.95. The Morgan fingerprint density at radius 2 is 1.89 bits per heavy atom. The van der Waals surface area contributed by atoms with Crippen molar-refractivity contribution in [1.29, 1.82) is 0 Å². The van der Waals surface area contributed by atoms with Crippen LogP contribution in [0.3, 0.4) is 0 Å². The van der Waals surface area contributed by atoms with Crippen LogP contribution in [0.2, 0.25) is 0 Å². The molecule has 0 aliphatic heterocycles. The minimum absolute atomic E-state index is 0.901. The van der Waals surface area contributed by atoms with Crippen LogP contribution in [0.1, 0.15) is 40.0 Å². The summed E-state index contributed by atoms with van der Waals surface area (Å²) in [5.74, 6) is 0.908. The molecule has 56 valence electrons. The average Bonchev–Trinajstić information content (AvgIpc) is 1.87. The molecule has 1 heteroatoms. The maximum atomic E-state index is 2.57. The summed E-state index contributed by atoms with van der Waals surface area (Å²) in [6, 6.07) is 0. The van der Waals surface area contributed by atoms with Crippen molar-refractivity contribution in [3.63, 3.8) is 0 Å². The molecule has 0 amide bonds. The molecule has 0 nitrogen and oxygen atoms in total. The van der Waals surface area contributed by atoms with Gasteiger partial charge >= 0.3 is 0 Å². The van der Waals surface area contributed by atoms with E-state index in [4.69, 9.17) is 0 Å². The summed E-state index contributed by atoms with van der Waals surface area (Å²) in [5.41, 5.74) is 0. The van der Waals surface area contributed by atoms with Crippen molar-refractivity contribution in [3.8, 4) is 0 Å². The average molecular weight is 240 g/mol. The van der Waals surface area contributed by atoms with Crippen molar-refractivity contribution in [2.24, 2.45) is 5.92 Å². The highest BCUT2D eigenvalue weighted by molar-refractivity contribution is 14.1. The van der Waals surface area contributed by atoms with E-state index in [9.17, 15) is 0 Å². The lowest BCUT2D eigenvalue weighted by atomic mass is 10.0. The van der Waals surface area contributed by atoms with Gasteiger partial charge in [0.15, 0.2) is 0 Å². The van der Waals surface area contributed by atoms with Crippen LogP contribution in [-0.2, 0) is 0 Å². The third-order valence-electron chi connectivity index (χ3n) is 1.83. The van der Waals surface area contributed by atoms with E-state index in [0.717, 1.165) is 9.84 Å². The molecule has 0 spiro atoms. The van der Waals surface area contributed by atoms with Crippen LogP contribution >= 0.6 is 22.6 Å². The van der Waals surface area contributed by atoms with Crippen molar-refractivity contribution >= 4 is 22.6 Å². The van der Waals surface area contributed by atoms with Gasteiger partial charge in [-0.2, -0.15) is 0 Å². The van der Waals surface area contributed by atoms with Crippen LogP contribution in [0, 0.1) is 5.92 Å². The van der Waals surface area contributed by atoms with Gasteiger partial charge in [0.2, 0.25) is 0 Å². The van der Waals surface area contributed by atoms with Crippen LogP contribution in [0.15, 0.2) is 0 Å². The van der Waals surface area contributed by atoms with Crippen LogP contribution in [0.25, 0.3) is 0 Å². The number of halogens is 1. The van der Waals surface area contributed by atoms with Gasteiger partial charge in [-0.25, -0.2) is 0 Å². The molecular weight excluding hydrogens is 223 g/mol. The first-order chi connectivity index (χ1) is 4.22. The quantitative estimate of drug-likeness (QED) is 0.520. The summed E-state index contributed by atoms with van der Waals surface area (Å²) < 4.78 is 0.901. The van der Waals surface area contributed by atoms with E-state index in [1.807, 2.05) is 0 Å². The summed E-state index contributed by atoms with van der Waals surface area (Å²) in [5, 5.41) is 0. The zero-order valence-corrected chi connectivity index (χ0v) is 8.81. The maximum Gasteiger partial charge on any atom is 0.0135 e. The Morgan fingerprint density at radius 3 is 2.22 bits per heavy atom. The maximum absolute atomic E-state index is 2.57. The largest absolute Gasteiger partial charge is 0.0823 e. The summed E-state index contributed by atoms with van der Waals surface area (Å²) in [6.45, 7) is 6.87. The molecule has 0 aliphatic carbocycles. The Kier molecular flexibility index (Phi) is 5.96. The zero-order chi connectivity index (χ0) is 7.28. The monoisotopic (exact) mass is 240 g/mol. The predicted molar refractivity (Wildman–Crippen MR) is 52.2 cm³/mol. The van der Waals surface area contributed by atoms with Gasteiger partial charge in [0.05, 0.1) is 0 Å². The summed E-state index contributed by atoms with van der Waals surface area (Å²) in [7, 11) is 0. The lowest BCUT2D eigenvalue weighted by Gasteiger charge is -2.14. The van der Waals surface area contributed by atoms with Crippen LogP contribution in [0.5, 0.6) is 0 Å². The van der Waals surface area contributed by atoms with Gasteiger partial charge < -0.3 is 0 Å². The van der Waals surface area contributed by atoms with Gasteiger partial charge in [-0.1, -0.05) is 56.2 Å². The standard InChI is InChI=1S/C8H17I/c1-4-6-8(9)7(3)5-2/h7-8H,4-6H2,1-3H3/t7?,8-/m1/s1. The number of hydrogen-bond donors (Lipinski definition) is 0. The normalized spacial score (nSPS) is 17.3. The first-order valence-corrected chi connectivity index (χ1v) is 5.11. The molecule has 0 aromatic heterocycles. The van der Waals surface area contributed by atoms with E-state index in [-0.39, 0.29) is 0 Å². The lowest BCUT2D eigenvalue weighted by molar-refractivity contribution is 0.522. The molecule has 0 saturated carbocycles. The Hall–Kier alpha value is 0.730. The molecule has 0 radical (unpaired) electrons. The molecule has 0 rings (SSSR count). The van der Waals surface area contributed by atoms with Crippen LogP contribution < -0.4 is 0 Å². The molecule has 0 aromatic rings. The second kappa shape index (κ2) is 5.51. The smallest absolute Gasteiger partial charge is 0.0135 e. The van der Waals surface area contributed by atoms with Crippen molar-refractivity contribution in [1.82, 2.24) is 0 Å². The molecule has 0 aliphatic rings. The fraction of sp³-hybridized carbons (Fsp3) is 1.00. The number of alkyl halides is 1. The molecule has 0 fully saturated rings. The van der Waals surface area contributed by atoms with Crippen LogP contribution in [0.4, 0.5) is 0 Å². The number of hydrogen-bond acceptors (Lipinski definition) is 0. The first kappa shape index (κ1) is 9.73. The highest BCUT2D eigenvalue weighted by Crippen LogP contribution is 2.20. The van der Waals surface area contributed by atoms with Crippen molar-refractivity contribution in [2.75, 3.05) is 0 Å². The van der Waals surface area contributed by atoms with Gasteiger partial charge in [0.1, 0.15) is 0 Å². The highest BCUT2D eigenvalue weighted by Gasteiger charge is 2.09. The molecule has 9 heavy (non-hydrogen) atoms. The van der Waals surface area contributed by atoms with Gasteiger partial charge in [0, 0.05) is 3.92 Å². The van der Waals surface area contributed by atoms with E-state index >= 15 is 0 Å². The molecule has 0 N–H and O–H groups in total. The minimum Gasteiger partial charge on any atom is -0.0823 e. The molecule has 1 unspecified atom stereocenters. The molecule has 0 aromatic carbocycles. The van der Waals surface area contributed by atoms with Crippen molar-refractivity contribution < 1.29 is 0 Å². The molecule has 0 saturated heterocycles. The molecule has 0 bridgehead atoms. The Bertz CT molecular complexity index is 61.6. The van der Waals surface area contributed by atoms with E-state index in [1.165, 1.54) is 19.3 Å². The van der Waals surface area contributed by atoms with Gasteiger partial charge in [-0.15, -0.1) is 0 Å². The molecule has 2 atom stereocenters. The third-order valence-corrected chi connectivity index (χ3v) is 3.68. The second-order valence-electron chi connectivity index (χ2n) is 2.69. The summed E-state index contributed by atoms with van der Waals surface area (Å²) in [4.78, 5) is 0. The third kappa shape index (κ3) is 4.18. The second-order valence-corrected chi connectivity index (χ2v) is 4.29. The SMILES string of the molecule is CCC[C@@H](I)C(C)CC. The highest BCUT2D eigenvalue weighted by atomic mass is 127. The van der Waals surface area contributed by atoms with E-state index in [1.54, 1.807) is 0 Å². The molecular formula is C8H17I. The Labute approximate surface area is 72.6 Å². The zero-order valence-electron chi connectivity index (χ0n) is 6.65. The topological polar surface area (TPSA) is 0 Å². The molecule has 0 heterocycles. The lowest BCUT2D eigenvalue weighted by Crippen LogP contribution is -2.08.